The third kappa shape index (κ3) is 4.56. The van der Waals surface area contributed by atoms with Crippen molar-refractivity contribution in [2.75, 3.05) is 19.8 Å². The third-order valence-electron chi connectivity index (χ3n) is 2.74. The number of ether oxygens (including phenoxy) is 2. The van der Waals surface area contributed by atoms with Crippen LogP contribution >= 0.6 is 0 Å². The minimum absolute atomic E-state index is 0.427. The van der Waals surface area contributed by atoms with E-state index in [4.69, 9.17) is 14.6 Å². The Morgan fingerprint density at radius 2 is 1.42 bits per heavy atom. The van der Waals surface area contributed by atoms with Gasteiger partial charge < -0.3 is 24.8 Å². The van der Waals surface area contributed by atoms with Gasteiger partial charge in [-0.2, -0.15) is 0 Å². The highest BCUT2D eigenvalue weighted by Crippen LogP contribution is 2.23. The minimum atomic E-state index is -1.18. The molecule has 5 heteroatoms. The predicted molar refractivity (Wildman–Crippen MR) is 70.5 cm³/mol. The molecule has 0 saturated heterocycles. The summed E-state index contributed by atoms with van der Waals surface area (Å²) in [5.41, 5.74) is 1.38. The molecule has 0 spiro atoms. The van der Waals surface area contributed by atoms with Crippen molar-refractivity contribution in [3.8, 4) is 0 Å². The topological polar surface area (TPSA) is 79.2 Å². The molecule has 2 unspecified atom stereocenters. The van der Waals surface area contributed by atoms with Crippen LogP contribution < -0.4 is 0 Å². The average Bonchev–Trinajstić information content (AvgIpc) is 2.45. The highest BCUT2D eigenvalue weighted by molar-refractivity contribution is 5.25. The molecule has 0 radical (unpaired) electrons. The summed E-state index contributed by atoms with van der Waals surface area (Å²) in [4.78, 5) is 0. The van der Waals surface area contributed by atoms with E-state index < -0.39 is 25.1 Å². The van der Waals surface area contributed by atoms with Crippen molar-refractivity contribution in [1.29, 1.82) is 0 Å². The van der Waals surface area contributed by atoms with Crippen molar-refractivity contribution >= 4 is 0 Å². The molecule has 0 aliphatic heterocycles. The van der Waals surface area contributed by atoms with Gasteiger partial charge in [-0.3, -0.25) is 0 Å². The van der Waals surface area contributed by atoms with Gasteiger partial charge in [0.2, 0.25) is 0 Å². The van der Waals surface area contributed by atoms with Crippen molar-refractivity contribution in [3.05, 3.63) is 35.4 Å². The molecule has 0 fully saturated rings. The first-order chi connectivity index (χ1) is 9.13. The Balaban J connectivity index is 2.79. The molecule has 2 atom stereocenters. The number of hydrogen-bond donors (Lipinski definition) is 3. The second kappa shape index (κ2) is 8.24. The van der Waals surface area contributed by atoms with Gasteiger partial charge >= 0.3 is 0 Å². The lowest BCUT2D eigenvalue weighted by Gasteiger charge is -2.19. The van der Waals surface area contributed by atoms with Crippen molar-refractivity contribution in [2.45, 2.75) is 32.3 Å². The number of hydrogen-bond acceptors (Lipinski definition) is 5. The lowest BCUT2D eigenvalue weighted by Crippen LogP contribution is -2.22. The van der Waals surface area contributed by atoms with Crippen LogP contribution in [0.25, 0.3) is 0 Å². The highest BCUT2D eigenvalue weighted by atomic mass is 16.7. The summed E-state index contributed by atoms with van der Waals surface area (Å²) in [6.07, 6.45) is -2.71. The van der Waals surface area contributed by atoms with E-state index in [1.807, 2.05) is 13.8 Å². The number of rotatable bonds is 8. The Morgan fingerprint density at radius 1 is 0.947 bits per heavy atom. The first kappa shape index (κ1) is 16.1. The van der Waals surface area contributed by atoms with Gasteiger partial charge in [0.25, 0.3) is 0 Å². The van der Waals surface area contributed by atoms with Crippen LogP contribution in [-0.4, -0.2) is 41.2 Å². The smallest absolute Gasteiger partial charge is 0.183 e. The van der Waals surface area contributed by atoms with Gasteiger partial charge in [-0.05, 0) is 19.4 Å². The summed E-state index contributed by atoms with van der Waals surface area (Å²) in [7, 11) is 0. The maximum absolute atomic E-state index is 9.75. The van der Waals surface area contributed by atoms with Gasteiger partial charge in [0, 0.05) is 18.8 Å². The van der Waals surface area contributed by atoms with Crippen LogP contribution in [-0.2, 0) is 9.47 Å². The predicted octanol–water partition coefficient (Wildman–Crippen LogP) is 1.14. The second-order valence-electron chi connectivity index (χ2n) is 4.10. The van der Waals surface area contributed by atoms with E-state index in [1.54, 1.807) is 24.3 Å². The maximum atomic E-state index is 9.75. The van der Waals surface area contributed by atoms with E-state index >= 15 is 0 Å². The fourth-order valence-corrected chi connectivity index (χ4v) is 1.72. The van der Waals surface area contributed by atoms with Crippen LogP contribution in [0.5, 0.6) is 0 Å². The van der Waals surface area contributed by atoms with E-state index in [0.29, 0.717) is 18.8 Å². The van der Waals surface area contributed by atoms with Crippen LogP contribution in [0, 0.1) is 0 Å². The summed E-state index contributed by atoms with van der Waals surface area (Å²) in [5, 5.41) is 27.9. The zero-order valence-corrected chi connectivity index (χ0v) is 11.3. The van der Waals surface area contributed by atoms with Gasteiger partial charge in [0.05, 0.1) is 6.61 Å². The Bertz CT molecular complexity index is 345. The van der Waals surface area contributed by atoms with Crippen molar-refractivity contribution in [1.82, 2.24) is 0 Å². The fourth-order valence-electron chi connectivity index (χ4n) is 1.72. The second-order valence-corrected chi connectivity index (χ2v) is 4.10. The fraction of sp³-hybridized carbons (Fsp3) is 0.571. The van der Waals surface area contributed by atoms with Gasteiger partial charge in [-0.15, -0.1) is 0 Å². The van der Waals surface area contributed by atoms with Crippen LogP contribution in [0.2, 0.25) is 0 Å². The summed E-state index contributed by atoms with van der Waals surface area (Å²) in [5.74, 6) is 0. The number of benzene rings is 1. The van der Waals surface area contributed by atoms with Gasteiger partial charge in [-0.1, -0.05) is 24.3 Å². The SMILES string of the molecule is CCOC(OCC)c1ccc(C(O)C(O)CO)cc1. The first-order valence-corrected chi connectivity index (χ1v) is 6.44. The normalized spacial score (nSPS) is 14.6. The zero-order chi connectivity index (χ0) is 14.3. The third-order valence-corrected chi connectivity index (χ3v) is 2.74. The first-order valence-electron chi connectivity index (χ1n) is 6.44. The molecule has 0 saturated carbocycles. The quantitative estimate of drug-likeness (QED) is 0.617. The van der Waals surface area contributed by atoms with E-state index in [0.717, 1.165) is 5.56 Å². The van der Waals surface area contributed by atoms with Crippen LogP contribution in [0.1, 0.15) is 37.4 Å². The molecular formula is C14H22O5. The molecule has 108 valence electrons. The minimum Gasteiger partial charge on any atom is -0.394 e. The molecule has 0 bridgehead atoms. The molecule has 19 heavy (non-hydrogen) atoms. The molecule has 5 nitrogen and oxygen atoms in total. The average molecular weight is 270 g/mol. The Labute approximate surface area is 113 Å². The van der Waals surface area contributed by atoms with Crippen molar-refractivity contribution in [3.63, 3.8) is 0 Å². The van der Waals surface area contributed by atoms with E-state index in [9.17, 15) is 10.2 Å². The molecule has 1 aromatic rings. The monoisotopic (exact) mass is 270 g/mol. The summed E-state index contributed by atoms with van der Waals surface area (Å²) < 4.78 is 10.9. The molecule has 0 amide bonds. The highest BCUT2D eigenvalue weighted by Gasteiger charge is 2.18. The van der Waals surface area contributed by atoms with E-state index in [1.165, 1.54) is 0 Å². The van der Waals surface area contributed by atoms with Gasteiger partial charge in [-0.25, -0.2) is 0 Å². The maximum Gasteiger partial charge on any atom is 0.183 e. The van der Waals surface area contributed by atoms with Crippen LogP contribution in [0.15, 0.2) is 24.3 Å². The Kier molecular flexibility index (Phi) is 6.97. The molecule has 0 aliphatic carbocycles. The molecule has 0 aliphatic rings. The van der Waals surface area contributed by atoms with Gasteiger partial charge in [0.15, 0.2) is 6.29 Å². The van der Waals surface area contributed by atoms with E-state index in [-0.39, 0.29) is 0 Å². The standard InChI is InChI=1S/C14H22O5/c1-3-18-14(19-4-2)11-7-5-10(6-8-11)13(17)12(16)9-15/h5-8,12-17H,3-4,9H2,1-2H3. The lowest BCUT2D eigenvalue weighted by molar-refractivity contribution is -0.140. The molecule has 1 aromatic carbocycles. The Morgan fingerprint density at radius 3 is 1.84 bits per heavy atom. The van der Waals surface area contributed by atoms with Crippen LogP contribution in [0.3, 0.4) is 0 Å². The van der Waals surface area contributed by atoms with Gasteiger partial charge in [0.1, 0.15) is 12.2 Å². The van der Waals surface area contributed by atoms with Crippen molar-refractivity contribution in [2.24, 2.45) is 0 Å². The molecule has 1 rings (SSSR count). The number of aliphatic hydroxyl groups is 3. The molecule has 0 aromatic heterocycles. The Hall–Kier alpha value is -0.980. The van der Waals surface area contributed by atoms with Crippen LogP contribution in [0.4, 0.5) is 0 Å². The lowest BCUT2D eigenvalue weighted by atomic mass is 10.0. The zero-order valence-electron chi connectivity index (χ0n) is 11.3. The largest absolute Gasteiger partial charge is 0.394 e. The summed E-state index contributed by atoms with van der Waals surface area (Å²) in [6.45, 7) is 4.38. The number of aliphatic hydroxyl groups excluding tert-OH is 3. The molecular weight excluding hydrogens is 248 g/mol. The van der Waals surface area contributed by atoms with E-state index in [2.05, 4.69) is 0 Å². The summed E-state index contributed by atoms with van der Waals surface area (Å²) >= 11 is 0. The summed E-state index contributed by atoms with van der Waals surface area (Å²) in [6, 6.07) is 6.92. The molecule has 3 N–H and O–H groups in total. The molecule has 0 heterocycles. The van der Waals surface area contributed by atoms with Crippen molar-refractivity contribution < 1.29 is 24.8 Å².